The zero-order valence-electron chi connectivity index (χ0n) is 27.2. The second kappa shape index (κ2) is 17.5. The molecule has 2 N–H and O–H groups in total. The summed E-state index contributed by atoms with van der Waals surface area (Å²) in [6, 6.07) is 47.0. The van der Waals surface area contributed by atoms with Gasteiger partial charge >= 0.3 is 12.1 Å². The number of unbranched alkanes of at least 4 members (excludes halogenated alkanes) is 1. The molecule has 0 saturated heterocycles. The van der Waals surface area contributed by atoms with Gasteiger partial charge in [-0.15, -0.1) is 0 Å². The molecule has 5 aromatic carbocycles. The van der Waals surface area contributed by atoms with E-state index < -0.39 is 23.6 Å². The van der Waals surface area contributed by atoms with Crippen LogP contribution in [0.2, 0.25) is 0 Å². The number of benzene rings is 5. The lowest BCUT2D eigenvalue weighted by Gasteiger charge is -2.39. The van der Waals surface area contributed by atoms with Gasteiger partial charge in [-0.1, -0.05) is 133 Å². The Bertz CT molecular complexity index is 1580. The van der Waals surface area contributed by atoms with Crippen LogP contribution >= 0.6 is 0 Å². The molecule has 0 heterocycles. The SMILES string of the molecule is COC(=O)[C@H](COc1ccc(CCCCNC(=O)OCc2ccccc2)cc1)NC(c1ccccc1)(c1ccccc1)c1ccccc1. The van der Waals surface area contributed by atoms with Crippen LogP contribution in [0.25, 0.3) is 0 Å². The standard InChI is InChI=1S/C41H42N2O5/c1-46-39(44)38(43-41(34-19-8-3-9-20-34,35-21-10-4-11-22-35)36-23-12-5-13-24-36)31-47-37-27-25-32(26-28-37)16-14-15-29-42-40(45)48-30-33-17-6-2-7-18-33/h2-13,17-28,38,43H,14-16,29-31H2,1H3,(H,42,45)/t38-/m0/s1. The molecule has 0 unspecified atom stereocenters. The van der Waals surface area contributed by atoms with Crippen molar-refractivity contribution < 1.29 is 23.8 Å². The lowest BCUT2D eigenvalue weighted by atomic mass is 9.76. The quantitative estimate of drug-likeness (QED) is 0.0661. The summed E-state index contributed by atoms with van der Waals surface area (Å²) in [6.07, 6.45) is 2.19. The maximum absolute atomic E-state index is 13.3. The highest BCUT2D eigenvalue weighted by Gasteiger charge is 2.40. The first kappa shape index (κ1) is 33.9. The second-order valence-corrected chi connectivity index (χ2v) is 11.5. The van der Waals surface area contributed by atoms with Crippen molar-refractivity contribution in [3.63, 3.8) is 0 Å². The van der Waals surface area contributed by atoms with Gasteiger partial charge in [-0.05, 0) is 59.2 Å². The summed E-state index contributed by atoms with van der Waals surface area (Å²) in [5, 5.41) is 6.49. The highest BCUT2D eigenvalue weighted by atomic mass is 16.5. The van der Waals surface area contributed by atoms with Gasteiger partial charge in [-0.25, -0.2) is 4.79 Å². The number of methoxy groups -OCH3 is 1. The predicted molar refractivity (Wildman–Crippen MR) is 188 cm³/mol. The molecule has 0 aromatic heterocycles. The van der Waals surface area contributed by atoms with Crippen molar-refractivity contribution >= 4 is 12.1 Å². The Kier molecular flexibility index (Phi) is 12.4. The van der Waals surface area contributed by atoms with Crippen molar-refractivity contribution in [1.29, 1.82) is 0 Å². The number of hydrogen-bond donors (Lipinski definition) is 2. The number of rotatable bonds is 16. The van der Waals surface area contributed by atoms with Gasteiger partial charge in [-0.2, -0.15) is 0 Å². The van der Waals surface area contributed by atoms with E-state index in [9.17, 15) is 9.59 Å². The Morgan fingerprint density at radius 2 is 1.17 bits per heavy atom. The van der Waals surface area contributed by atoms with Crippen LogP contribution in [-0.4, -0.2) is 38.4 Å². The number of esters is 1. The minimum absolute atomic E-state index is 0.0618. The van der Waals surface area contributed by atoms with Crippen LogP contribution in [-0.2, 0) is 32.8 Å². The molecular weight excluding hydrogens is 600 g/mol. The van der Waals surface area contributed by atoms with Crippen molar-refractivity contribution in [2.75, 3.05) is 20.3 Å². The summed E-state index contributed by atoms with van der Waals surface area (Å²) in [5.74, 6) is 0.235. The maximum Gasteiger partial charge on any atom is 0.407 e. The van der Waals surface area contributed by atoms with Gasteiger partial charge in [0.2, 0.25) is 0 Å². The number of alkyl carbamates (subject to hydrolysis) is 1. The average molecular weight is 643 g/mol. The van der Waals surface area contributed by atoms with Gasteiger partial charge in [0.15, 0.2) is 0 Å². The topological polar surface area (TPSA) is 85.9 Å². The highest BCUT2D eigenvalue weighted by Crippen LogP contribution is 2.37. The van der Waals surface area contributed by atoms with Crippen LogP contribution in [0.3, 0.4) is 0 Å². The van der Waals surface area contributed by atoms with E-state index in [1.54, 1.807) is 0 Å². The molecule has 7 heteroatoms. The number of carbonyl (C=O) groups excluding carboxylic acids is 2. The maximum atomic E-state index is 13.3. The first-order valence-corrected chi connectivity index (χ1v) is 16.3. The predicted octanol–water partition coefficient (Wildman–Crippen LogP) is 7.44. The van der Waals surface area contributed by atoms with Crippen molar-refractivity contribution in [3.05, 3.63) is 173 Å². The van der Waals surface area contributed by atoms with Crippen LogP contribution in [0, 0.1) is 0 Å². The lowest BCUT2D eigenvalue weighted by Crippen LogP contribution is -2.55. The molecule has 0 spiro atoms. The fourth-order valence-corrected chi connectivity index (χ4v) is 5.74. The van der Waals surface area contributed by atoms with E-state index in [0.29, 0.717) is 12.3 Å². The Balaban J connectivity index is 1.20. The molecule has 0 aliphatic carbocycles. The van der Waals surface area contributed by atoms with Crippen molar-refractivity contribution in [1.82, 2.24) is 10.6 Å². The molecule has 5 rings (SSSR count). The Morgan fingerprint density at radius 3 is 1.69 bits per heavy atom. The summed E-state index contributed by atoms with van der Waals surface area (Å²) in [5.41, 5.74) is 4.22. The van der Waals surface area contributed by atoms with Crippen LogP contribution < -0.4 is 15.4 Å². The highest BCUT2D eigenvalue weighted by molar-refractivity contribution is 5.76. The largest absolute Gasteiger partial charge is 0.491 e. The number of hydrogen-bond acceptors (Lipinski definition) is 6. The average Bonchev–Trinajstić information content (AvgIpc) is 3.16. The number of carbonyl (C=O) groups is 2. The monoisotopic (exact) mass is 642 g/mol. The Hall–Kier alpha value is -5.40. The lowest BCUT2D eigenvalue weighted by molar-refractivity contribution is -0.144. The van der Waals surface area contributed by atoms with Gasteiger partial charge in [-0.3, -0.25) is 10.1 Å². The molecule has 0 aliphatic rings. The van der Waals surface area contributed by atoms with Crippen LogP contribution in [0.1, 0.15) is 40.7 Å². The Morgan fingerprint density at radius 1 is 0.646 bits per heavy atom. The summed E-state index contributed by atoms with van der Waals surface area (Å²) < 4.78 is 16.7. The van der Waals surface area contributed by atoms with Gasteiger partial charge in [0.05, 0.1) is 12.6 Å². The van der Waals surface area contributed by atoms with Gasteiger partial charge in [0, 0.05) is 6.54 Å². The zero-order valence-corrected chi connectivity index (χ0v) is 27.2. The molecule has 0 fully saturated rings. The number of aryl methyl sites for hydroxylation is 1. The van der Waals surface area contributed by atoms with E-state index in [0.717, 1.165) is 47.1 Å². The van der Waals surface area contributed by atoms with E-state index in [2.05, 4.69) is 47.0 Å². The summed E-state index contributed by atoms with van der Waals surface area (Å²) in [7, 11) is 1.39. The molecule has 0 aliphatic heterocycles. The first-order chi connectivity index (χ1) is 23.6. The number of ether oxygens (including phenoxy) is 3. The van der Waals surface area contributed by atoms with E-state index >= 15 is 0 Å². The smallest absolute Gasteiger partial charge is 0.407 e. The van der Waals surface area contributed by atoms with Gasteiger partial charge in [0.1, 0.15) is 25.0 Å². The normalized spacial score (nSPS) is 11.7. The van der Waals surface area contributed by atoms with E-state index in [1.165, 1.54) is 7.11 Å². The van der Waals surface area contributed by atoms with E-state index in [-0.39, 0.29) is 13.2 Å². The molecule has 1 atom stereocenters. The number of nitrogens with one attached hydrogen (secondary N) is 2. The summed E-state index contributed by atoms with van der Waals surface area (Å²) in [4.78, 5) is 25.2. The molecule has 48 heavy (non-hydrogen) atoms. The van der Waals surface area contributed by atoms with Crippen LogP contribution in [0.4, 0.5) is 4.79 Å². The first-order valence-electron chi connectivity index (χ1n) is 16.3. The molecule has 1 amide bonds. The molecule has 0 saturated carbocycles. The minimum Gasteiger partial charge on any atom is -0.491 e. The second-order valence-electron chi connectivity index (χ2n) is 11.5. The van der Waals surface area contributed by atoms with Crippen LogP contribution in [0.15, 0.2) is 146 Å². The van der Waals surface area contributed by atoms with Crippen LogP contribution in [0.5, 0.6) is 5.75 Å². The molecule has 0 radical (unpaired) electrons. The van der Waals surface area contributed by atoms with E-state index in [4.69, 9.17) is 14.2 Å². The fourth-order valence-electron chi connectivity index (χ4n) is 5.74. The minimum atomic E-state index is -0.858. The molecule has 5 aromatic rings. The van der Waals surface area contributed by atoms with Crippen molar-refractivity contribution in [3.8, 4) is 5.75 Å². The fraction of sp³-hybridized carbons (Fsp3) is 0.220. The summed E-state index contributed by atoms with van der Waals surface area (Å²) in [6.45, 7) is 0.866. The van der Waals surface area contributed by atoms with E-state index in [1.807, 2.05) is 109 Å². The summed E-state index contributed by atoms with van der Waals surface area (Å²) >= 11 is 0. The third-order valence-corrected chi connectivity index (χ3v) is 8.21. The molecule has 246 valence electrons. The molecular formula is C41H42N2O5. The third kappa shape index (κ3) is 9.11. The van der Waals surface area contributed by atoms with Gasteiger partial charge in [0.25, 0.3) is 0 Å². The zero-order chi connectivity index (χ0) is 33.4. The van der Waals surface area contributed by atoms with Crippen molar-refractivity contribution in [2.24, 2.45) is 0 Å². The Labute approximate surface area is 282 Å². The molecule has 7 nitrogen and oxygen atoms in total. The molecule has 0 bridgehead atoms. The third-order valence-electron chi connectivity index (χ3n) is 8.21. The van der Waals surface area contributed by atoms with Crippen molar-refractivity contribution in [2.45, 2.75) is 37.5 Å². The van der Waals surface area contributed by atoms with Gasteiger partial charge < -0.3 is 19.5 Å². The number of amides is 1.